The van der Waals surface area contributed by atoms with Gasteiger partial charge in [-0.2, -0.15) is 0 Å². The highest BCUT2D eigenvalue weighted by Gasteiger charge is 2.23. The number of para-hydroxylation sites is 1. The molecule has 2 aromatic heterocycles. The third-order valence-corrected chi connectivity index (χ3v) is 5.74. The van der Waals surface area contributed by atoms with E-state index >= 15 is 0 Å². The summed E-state index contributed by atoms with van der Waals surface area (Å²) in [5, 5.41) is 1.38. The molecule has 0 bridgehead atoms. The number of rotatable bonds is 4. The Morgan fingerprint density at radius 1 is 1.07 bits per heavy atom. The SMILES string of the molecule is CCOC(=O)c1sc2c(ccc(=O)n2-c2ccccc2)c1-c1cccc(Cl)c1. The second-order valence-electron chi connectivity index (χ2n) is 6.10. The van der Waals surface area contributed by atoms with Gasteiger partial charge < -0.3 is 4.74 Å². The van der Waals surface area contributed by atoms with Crippen molar-refractivity contribution in [2.75, 3.05) is 6.61 Å². The molecule has 4 aromatic rings. The molecule has 0 unspecified atom stereocenters. The van der Waals surface area contributed by atoms with Crippen molar-refractivity contribution in [2.24, 2.45) is 0 Å². The van der Waals surface area contributed by atoms with E-state index in [0.717, 1.165) is 22.2 Å². The van der Waals surface area contributed by atoms with E-state index in [4.69, 9.17) is 16.3 Å². The number of pyridine rings is 1. The van der Waals surface area contributed by atoms with E-state index < -0.39 is 5.97 Å². The maximum atomic E-state index is 12.7. The number of carbonyl (C=O) groups excluding carboxylic acids is 1. The Labute approximate surface area is 170 Å². The lowest BCUT2D eigenvalue weighted by Gasteiger charge is -2.08. The Bertz CT molecular complexity index is 1230. The summed E-state index contributed by atoms with van der Waals surface area (Å²) in [6.45, 7) is 2.04. The van der Waals surface area contributed by atoms with Gasteiger partial charge in [-0.1, -0.05) is 41.9 Å². The van der Waals surface area contributed by atoms with Gasteiger partial charge in [0, 0.05) is 22.0 Å². The monoisotopic (exact) mass is 409 g/mol. The molecule has 2 heterocycles. The third kappa shape index (κ3) is 3.23. The normalized spacial score (nSPS) is 10.9. The minimum absolute atomic E-state index is 0.159. The standard InChI is InChI=1S/C22H16ClNO3S/c1-2-27-22(26)20-19(14-7-6-8-15(23)13-14)17-11-12-18(25)24(21(17)28-20)16-9-4-3-5-10-16/h3-13H,2H2,1H3. The first kappa shape index (κ1) is 18.5. The van der Waals surface area contributed by atoms with Crippen molar-refractivity contribution in [3.63, 3.8) is 0 Å². The molecule has 0 saturated heterocycles. The van der Waals surface area contributed by atoms with Gasteiger partial charge in [0.2, 0.25) is 0 Å². The molecule has 140 valence electrons. The number of nitrogens with zero attached hydrogens (tertiary/aromatic N) is 1. The molecule has 2 aromatic carbocycles. The van der Waals surface area contributed by atoms with Crippen molar-refractivity contribution < 1.29 is 9.53 Å². The average Bonchev–Trinajstić information content (AvgIpc) is 3.08. The highest BCUT2D eigenvalue weighted by molar-refractivity contribution is 7.21. The molecule has 4 nitrogen and oxygen atoms in total. The molecule has 4 rings (SSSR count). The first-order valence-corrected chi connectivity index (χ1v) is 9.96. The highest BCUT2D eigenvalue weighted by Crippen LogP contribution is 2.40. The van der Waals surface area contributed by atoms with E-state index in [1.165, 1.54) is 17.4 Å². The molecule has 0 aliphatic heterocycles. The van der Waals surface area contributed by atoms with Crippen LogP contribution >= 0.6 is 22.9 Å². The van der Waals surface area contributed by atoms with Gasteiger partial charge in [0.1, 0.15) is 9.71 Å². The summed E-state index contributed by atoms with van der Waals surface area (Å²) in [5.74, 6) is -0.411. The summed E-state index contributed by atoms with van der Waals surface area (Å²) in [7, 11) is 0. The number of hydrogen-bond donors (Lipinski definition) is 0. The van der Waals surface area contributed by atoms with Gasteiger partial charge in [-0.15, -0.1) is 11.3 Å². The third-order valence-electron chi connectivity index (χ3n) is 4.33. The van der Waals surface area contributed by atoms with Gasteiger partial charge in [-0.3, -0.25) is 9.36 Å². The first-order chi connectivity index (χ1) is 13.6. The van der Waals surface area contributed by atoms with Crippen molar-refractivity contribution in [3.8, 4) is 16.8 Å². The Morgan fingerprint density at radius 2 is 1.86 bits per heavy atom. The highest BCUT2D eigenvalue weighted by atomic mass is 35.5. The van der Waals surface area contributed by atoms with E-state index in [1.807, 2.05) is 48.5 Å². The van der Waals surface area contributed by atoms with Crippen molar-refractivity contribution in [3.05, 3.63) is 87.0 Å². The summed E-state index contributed by atoms with van der Waals surface area (Å²) in [5.41, 5.74) is 2.12. The Balaban J connectivity index is 2.08. The molecule has 6 heteroatoms. The lowest BCUT2D eigenvalue weighted by atomic mass is 10.0. The Morgan fingerprint density at radius 3 is 2.57 bits per heavy atom. The number of thiophene rings is 1. The molecule has 0 atom stereocenters. The summed E-state index contributed by atoms with van der Waals surface area (Å²) in [6.07, 6.45) is 0. The van der Waals surface area contributed by atoms with Crippen LogP contribution < -0.4 is 5.56 Å². The summed E-state index contributed by atoms with van der Waals surface area (Å²) < 4.78 is 6.90. The van der Waals surface area contributed by atoms with Crippen molar-refractivity contribution in [1.82, 2.24) is 4.57 Å². The molecular weight excluding hydrogens is 394 g/mol. The predicted molar refractivity (Wildman–Crippen MR) is 114 cm³/mol. The average molecular weight is 410 g/mol. The molecule has 0 aliphatic rings. The minimum atomic E-state index is -0.411. The zero-order chi connectivity index (χ0) is 19.7. The van der Waals surface area contributed by atoms with Crippen LogP contribution in [0.1, 0.15) is 16.6 Å². The van der Waals surface area contributed by atoms with Gasteiger partial charge >= 0.3 is 5.97 Å². The fourth-order valence-corrected chi connectivity index (χ4v) is 4.60. The summed E-state index contributed by atoms with van der Waals surface area (Å²) >= 11 is 7.44. The zero-order valence-corrected chi connectivity index (χ0v) is 16.6. The number of carbonyl (C=O) groups is 1. The Hall–Kier alpha value is -2.89. The topological polar surface area (TPSA) is 48.3 Å². The van der Waals surface area contributed by atoms with Crippen LogP contribution in [-0.2, 0) is 4.74 Å². The maximum Gasteiger partial charge on any atom is 0.349 e. The first-order valence-electron chi connectivity index (χ1n) is 8.77. The lowest BCUT2D eigenvalue weighted by molar-refractivity contribution is 0.0533. The van der Waals surface area contributed by atoms with Crippen LogP contribution in [0.4, 0.5) is 0 Å². The number of benzene rings is 2. The van der Waals surface area contributed by atoms with Crippen LogP contribution in [0.15, 0.2) is 71.5 Å². The smallest absolute Gasteiger partial charge is 0.349 e. The second-order valence-corrected chi connectivity index (χ2v) is 7.53. The molecule has 0 saturated carbocycles. The van der Waals surface area contributed by atoms with Gasteiger partial charge in [0.05, 0.1) is 12.3 Å². The van der Waals surface area contributed by atoms with Crippen LogP contribution in [0.5, 0.6) is 0 Å². The van der Waals surface area contributed by atoms with Gasteiger partial charge in [0.25, 0.3) is 5.56 Å². The number of aromatic nitrogens is 1. The fraction of sp³-hybridized carbons (Fsp3) is 0.0909. The Kier molecular flexibility index (Phi) is 5.03. The maximum absolute atomic E-state index is 12.7. The van der Waals surface area contributed by atoms with Gasteiger partial charge in [-0.05, 0) is 42.8 Å². The molecule has 0 N–H and O–H groups in total. The predicted octanol–water partition coefficient (Wildman–Crippen LogP) is 5.55. The zero-order valence-electron chi connectivity index (χ0n) is 15.0. The minimum Gasteiger partial charge on any atom is -0.462 e. The van der Waals surface area contributed by atoms with Crippen LogP contribution in [0.2, 0.25) is 5.02 Å². The largest absolute Gasteiger partial charge is 0.462 e. The summed E-state index contributed by atoms with van der Waals surface area (Å²) in [4.78, 5) is 26.5. The number of esters is 1. The van der Waals surface area contributed by atoms with Crippen LogP contribution in [0, 0.1) is 0 Å². The quantitative estimate of drug-likeness (QED) is 0.415. The van der Waals surface area contributed by atoms with E-state index in [2.05, 4.69) is 0 Å². The van der Waals surface area contributed by atoms with E-state index in [9.17, 15) is 9.59 Å². The molecular formula is C22H16ClNO3S. The molecule has 0 aliphatic carbocycles. The second kappa shape index (κ2) is 7.62. The fourth-order valence-electron chi connectivity index (χ4n) is 3.17. The molecule has 0 fully saturated rings. The number of ether oxygens (including phenoxy) is 1. The molecule has 0 spiro atoms. The van der Waals surface area contributed by atoms with Crippen LogP contribution in [0.25, 0.3) is 27.0 Å². The van der Waals surface area contributed by atoms with Crippen LogP contribution in [-0.4, -0.2) is 17.1 Å². The van der Waals surface area contributed by atoms with E-state index in [-0.39, 0.29) is 12.2 Å². The summed E-state index contributed by atoms with van der Waals surface area (Å²) in [6, 6.07) is 20.0. The lowest BCUT2D eigenvalue weighted by Crippen LogP contribution is -2.16. The van der Waals surface area contributed by atoms with E-state index in [0.29, 0.717) is 14.7 Å². The van der Waals surface area contributed by atoms with Gasteiger partial charge in [-0.25, -0.2) is 4.79 Å². The molecule has 0 radical (unpaired) electrons. The molecule has 0 amide bonds. The van der Waals surface area contributed by atoms with Crippen LogP contribution in [0.3, 0.4) is 0 Å². The van der Waals surface area contributed by atoms with Crippen molar-refractivity contribution in [2.45, 2.75) is 6.92 Å². The van der Waals surface area contributed by atoms with E-state index in [1.54, 1.807) is 23.6 Å². The number of halogens is 1. The molecule has 28 heavy (non-hydrogen) atoms. The number of fused-ring (bicyclic) bond motifs is 1. The van der Waals surface area contributed by atoms with Gasteiger partial charge in [0.15, 0.2) is 0 Å². The van der Waals surface area contributed by atoms with Crippen molar-refractivity contribution in [1.29, 1.82) is 0 Å². The number of hydrogen-bond acceptors (Lipinski definition) is 4. The van der Waals surface area contributed by atoms with Crippen molar-refractivity contribution >= 4 is 39.1 Å².